The third kappa shape index (κ3) is 6.44. The van der Waals surface area contributed by atoms with E-state index >= 15 is 0 Å². The fourth-order valence-electron chi connectivity index (χ4n) is 4.40. The molecule has 2 aromatic rings. The molecule has 1 heterocycles. The molecular formula is C27H35N3O4. The van der Waals surface area contributed by atoms with E-state index < -0.39 is 6.04 Å². The molecule has 2 N–H and O–H groups in total. The van der Waals surface area contributed by atoms with Gasteiger partial charge in [0.25, 0.3) is 11.8 Å². The first-order chi connectivity index (χ1) is 16.4. The molecule has 7 heteroatoms. The first-order valence-corrected chi connectivity index (χ1v) is 11.9. The van der Waals surface area contributed by atoms with E-state index in [0.29, 0.717) is 56.6 Å². The molecule has 7 nitrogen and oxygen atoms in total. The molecule has 2 aromatic carbocycles. The molecule has 1 aliphatic rings. The van der Waals surface area contributed by atoms with Crippen LogP contribution in [-0.2, 0) is 9.53 Å². The lowest BCUT2D eigenvalue weighted by Gasteiger charge is -2.36. The van der Waals surface area contributed by atoms with E-state index in [-0.39, 0.29) is 23.6 Å². The highest BCUT2D eigenvalue weighted by atomic mass is 16.5. The lowest BCUT2D eigenvalue weighted by molar-refractivity contribution is -0.124. The van der Waals surface area contributed by atoms with E-state index in [4.69, 9.17) is 4.74 Å². The number of ether oxygens (including phenoxy) is 1. The molecule has 0 aromatic heterocycles. The Balaban J connectivity index is 1.68. The molecule has 1 saturated heterocycles. The fourth-order valence-corrected chi connectivity index (χ4v) is 4.40. The minimum Gasteiger partial charge on any atom is -0.385 e. The van der Waals surface area contributed by atoms with Gasteiger partial charge in [0, 0.05) is 44.5 Å². The van der Waals surface area contributed by atoms with Crippen LogP contribution in [0.1, 0.15) is 51.1 Å². The molecule has 34 heavy (non-hydrogen) atoms. The number of piperidine rings is 1. The van der Waals surface area contributed by atoms with Crippen molar-refractivity contribution in [3.8, 4) is 0 Å². The zero-order chi connectivity index (χ0) is 24.5. The summed E-state index contributed by atoms with van der Waals surface area (Å²) in [7, 11) is 1.62. The molecule has 0 unspecified atom stereocenters. The maximum absolute atomic E-state index is 13.1. The molecule has 0 spiro atoms. The Bertz CT molecular complexity index is 999. The van der Waals surface area contributed by atoms with Crippen molar-refractivity contribution < 1.29 is 19.1 Å². The summed E-state index contributed by atoms with van der Waals surface area (Å²) in [4.78, 5) is 41.0. The molecule has 182 valence electrons. The van der Waals surface area contributed by atoms with Crippen LogP contribution in [-0.4, -0.2) is 62.0 Å². The third-order valence-corrected chi connectivity index (χ3v) is 6.46. The minimum absolute atomic E-state index is 0.0149. The number of aryl methyl sites for hydroxylation is 2. The number of nitrogens with zero attached hydrogens (tertiary/aromatic N) is 1. The van der Waals surface area contributed by atoms with Gasteiger partial charge in [-0.2, -0.15) is 0 Å². The molecule has 1 atom stereocenters. The van der Waals surface area contributed by atoms with E-state index in [1.54, 1.807) is 13.2 Å². The summed E-state index contributed by atoms with van der Waals surface area (Å²) in [6.45, 7) is 5.94. The zero-order valence-corrected chi connectivity index (χ0v) is 20.3. The van der Waals surface area contributed by atoms with Gasteiger partial charge in [0.05, 0.1) is 0 Å². The van der Waals surface area contributed by atoms with Gasteiger partial charge < -0.3 is 20.3 Å². The van der Waals surface area contributed by atoms with E-state index in [1.165, 1.54) is 0 Å². The number of nitrogens with one attached hydrogen (secondary N) is 2. The predicted molar refractivity (Wildman–Crippen MR) is 132 cm³/mol. The lowest BCUT2D eigenvalue weighted by atomic mass is 9.88. The molecule has 0 radical (unpaired) electrons. The maximum Gasteiger partial charge on any atom is 0.254 e. The summed E-state index contributed by atoms with van der Waals surface area (Å²) in [5, 5.41) is 5.92. The maximum atomic E-state index is 13.1. The van der Waals surface area contributed by atoms with E-state index in [9.17, 15) is 14.4 Å². The number of carbonyl (C=O) groups excluding carboxylic acids is 3. The molecule has 1 fully saturated rings. The standard InChI is InChI=1S/C27H35N3O4/c1-19-9-4-6-11-22(19)25(31)29-24(26(32)28-15-8-18-34-3)21-13-16-30(17-14-21)27(33)23-12-7-5-10-20(23)2/h4-7,9-12,21,24H,8,13-18H2,1-3H3,(H,28,32)(H,29,31)/t24-/m0/s1. The normalized spacial score (nSPS) is 15.0. The summed E-state index contributed by atoms with van der Waals surface area (Å²) >= 11 is 0. The van der Waals surface area contributed by atoms with Crippen LogP contribution in [0, 0.1) is 19.8 Å². The number of benzene rings is 2. The van der Waals surface area contributed by atoms with Gasteiger partial charge in [-0.3, -0.25) is 14.4 Å². The van der Waals surface area contributed by atoms with Crippen molar-refractivity contribution in [2.75, 3.05) is 33.4 Å². The van der Waals surface area contributed by atoms with E-state index in [2.05, 4.69) is 10.6 Å². The number of hydrogen-bond donors (Lipinski definition) is 2. The second-order valence-corrected chi connectivity index (χ2v) is 8.85. The highest BCUT2D eigenvalue weighted by Gasteiger charge is 2.34. The number of likely N-dealkylation sites (tertiary alicyclic amines) is 1. The lowest BCUT2D eigenvalue weighted by Crippen LogP contribution is -2.54. The van der Waals surface area contributed by atoms with Gasteiger partial charge >= 0.3 is 0 Å². The quantitative estimate of drug-likeness (QED) is 0.557. The Morgan fingerprint density at radius 1 is 0.971 bits per heavy atom. The van der Waals surface area contributed by atoms with E-state index in [0.717, 1.165) is 11.1 Å². The molecule has 3 amide bonds. The molecule has 0 bridgehead atoms. The average molecular weight is 466 g/mol. The van der Waals surface area contributed by atoms with Crippen molar-refractivity contribution in [2.24, 2.45) is 5.92 Å². The van der Waals surface area contributed by atoms with Gasteiger partial charge in [-0.1, -0.05) is 36.4 Å². The van der Waals surface area contributed by atoms with Crippen molar-refractivity contribution in [3.63, 3.8) is 0 Å². The van der Waals surface area contributed by atoms with Gasteiger partial charge in [0.15, 0.2) is 0 Å². The number of rotatable bonds is 9. The number of methoxy groups -OCH3 is 1. The Labute approximate surface area is 201 Å². The second-order valence-electron chi connectivity index (χ2n) is 8.85. The summed E-state index contributed by atoms with van der Waals surface area (Å²) in [5.41, 5.74) is 3.08. The summed E-state index contributed by atoms with van der Waals surface area (Å²) in [6, 6.07) is 14.3. The van der Waals surface area contributed by atoms with Gasteiger partial charge in [-0.05, 0) is 62.3 Å². The van der Waals surface area contributed by atoms with E-state index in [1.807, 2.05) is 61.2 Å². The van der Waals surface area contributed by atoms with Gasteiger partial charge in [-0.15, -0.1) is 0 Å². The molecular weight excluding hydrogens is 430 g/mol. The van der Waals surface area contributed by atoms with Crippen LogP contribution in [0.4, 0.5) is 0 Å². The smallest absolute Gasteiger partial charge is 0.254 e. The minimum atomic E-state index is -0.662. The Morgan fingerprint density at radius 3 is 2.15 bits per heavy atom. The SMILES string of the molecule is COCCCNC(=O)[C@@H](NC(=O)c1ccccc1C)C1CCN(C(=O)c2ccccc2C)CC1. The molecule has 0 saturated carbocycles. The highest BCUT2D eigenvalue weighted by Crippen LogP contribution is 2.24. The van der Waals surface area contributed by atoms with Crippen LogP contribution in [0.5, 0.6) is 0 Å². The molecule has 0 aliphatic carbocycles. The number of hydrogen-bond acceptors (Lipinski definition) is 4. The largest absolute Gasteiger partial charge is 0.385 e. The first kappa shape index (κ1) is 25.4. The summed E-state index contributed by atoms with van der Waals surface area (Å²) < 4.78 is 5.06. The van der Waals surface area contributed by atoms with Crippen LogP contribution in [0.2, 0.25) is 0 Å². The van der Waals surface area contributed by atoms with Crippen molar-refractivity contribution >= 4 is 17.7 Å². The molecule has 1 aliphatic heterocycles. The predicted octanol–water partition coefficient (Wildman–Crippen LogP) is 3.11. The van der Waals surface area contributed by atoms with Crippen LogP contribution in [0.3, 0.4) is 0 Å². The number of carbonyl (C=O) groups is 3. The summed E-state index contributed by atoms with van der Waals surface area (Å²) in [5.74, 6) is -0.493. The molecule has 3 rings (SSSR count). The monoisotopic (exact) mass is 465 g/mol. The van der Waals surface area contributed by atoms with Crippen molar-refractivity contribution in [3.05, 3.63) is 70.8 Å². The fraction of sp³-hybridized carbons (Fsp3) is 0.444. The zero-order valence-electron chi connectivity index (χ0n) is 20.3. The first-order valence-electron chi connectivity index (χ1n) is 11.9. The van der Waals surface area contributed by atoms with Gasteiger partial charge in [0.2, 0.25) is 5.91 Å². The van der Waals surface area contributed by atoms with Crippen LogP contribution >= 0.6 is 0 Å². The average Bonchev–Trinajstić information content (AvgIpc) is 2.85. The Morgan fingerprint density at radius 2 is 1.56 bits per heavy atom. The summed E-state index contributed by atoms with van der Waals surface area (Å²) in [6.07, 6.45) is 1.98. The highest BCUT2D eigenvalue weighted by molar-refractivity contribution is 5.99. The Hall–Kier alpha value is -3.19. The topological polar surface area (TPSA) is 87.7 Å². The third-order valence-electron chi connectivity index (χ3n) is 6.46. The van der Waals surface area contributed by atoms with Crippen molar-refractivity contribution in [2.45, 2.75) is 39.2 Å². The van der Waals surface area contributed by atoms with Crippen LogP contribution in [0.15, 0.2) is 48.5 Å². The Kier molecular flexibility index (Phi) is 9.22. The van der Waals surface area contributed by atoms with Gasteiger partial charge in [-0.25, -0.2) is 0 Å². The second kappa shape index (κ2) is 12.3. The van der Waals surface area contributed by atoms with Crippen LogP contribution in [0.25, 0.3) is 0 Å². The van der Waals surface area contributed by atoms with Gasteiger partial charge in [0.1, 0.15) is 6.04 Å². The van der Waals surface area contributed by atoms with Crippen LogP contribution < -0.4 is 10.6 Å². The van der Waals surface area contributed by atoms with Crippen molar-refractivity contribution in [1.82, 2.24) is 15.5 Å². The van der Waals surface area contributed by atoms with Crippen molar-refractivity contribution in [1.29, 1.82) is 0 Å². The number of amides is 3.